The van der Waals surface area contributed by atoms with E-state index in [9.17, 15) is 8.78 Å². The molecule has 0 bridgehead atoms. The number of hydrogen-bond donors (Lipinski definition) is 2. The van der Waals surface area contributed by atoms with Gasteiger partial charge >= 0.3 is 6.55 Å². The average molecular weight is 202 g/mol. The number of hydrazine groups is 1. The minimum absolute atomic E-state index is 0.0605. The van der Waals surface area contributed by atoms with E-state index >= 15 is 0 Å². The van der Waals surface area contributed by atoms with E-state index in [4.69, 9.17) is 11.6 Å². The largest absolute Gasteiger partial charge is 0.392 e. The zero-order valence-corrected chi connectivity index (χ0v) is 5.98. The highest BCUT2D eigenvalue weighted by atomic mass is 79.9. The number of hydrogen-bond acceptors (Lipinski definition) is 3. The normalized spacial score (nSPS) is 12.3. The Hall–Kier alpha value is -0.360. The molecule has 9 heavy (non-hydrogen) atoms. The predicted molar refractivity (Wildman–Crippen MR) is 33.2 cm³/mol. The molecule has 0 atom stereocenters. The predicted octanol–water partition coefficient (Wildman–Crippen LogP) is 0.537. The molecule has 0 aliphatic heterocycles. The molecule has 0 saturated heterocycles. The lowest BCUT2D eigenvalue weighted by molar-refractivity contribution is 0.00519. The van der Waals surface area contributed by atoms with Crippen LogP contribution in [0.3, 0.4) is 0 Å². The lowest BCUT2D eigenvalue weighted by Crippen LogP contribution is -2.30. The van der Waals surface area contributed by atoms with Crippen LogP contribution in [-0.4, -0.2) is 11.6 Å². The van der Waals surface area contributed by atoms with E-state index in [-0.39, 0.29) is 9.62 Å². The van der Waals surface area contributed by atoms with Gasteiger partial charge in [-0.2, -0.15) is 8.78 Å². The number of alkyl halides is 2. The topological polar surface area (TPSA) is 55.3 Å². The van der Waals surface area contributed by atoms with Crippen molar-refractivity contribution < 1.29 is 8.78 Å². The molecule has 0 heterocycles. The van der Waals surface area contributed by atoms with Gasteiger partial charge in [0.05, 0.1) is 10.8 Å². The molecule has 3 nitrogen and oxygen atoms in total. The van der Waals surface area contributed by atoms with Gasteiger partial charge in [0.1, 0.15) is 0 Å². The molecular weight excluding hydrogens is 196 g/mol. The highest BCUT2D eigenvalue weighted by molar-refractivity contribution is 9.11. The van der Waals surface area contributed by atoms with Gasteiger partial charge in [-0.05, 0) is 15.9 Å². The molecule has 4 N–H and O–H groups in total. The second-order valence-corrected chi connectivity index (χ2v) is 2.15. The zero-order chi connectivity index (χ0) is 7.44. The molecule has 0 fully saturated rings. The van der Waals surface area contributed by atoms with Crippen molar-refractivity contribution in [2.45, 2.75) is 6.55 Å². The van der Waals surface area contributed by atoms with Crippen molar-refractivity contribution in [2.75, 3.05) is 0 Å². The summed E-state index contributed by atoms with van der Waals surface area (Å²) in [6.45, 7) is -2.72. The van der Waals surface area contributed by atoms with Crippen LogP contribution < -0.4 is 11.6 Å². The molecule has 0 radical (unpaired) electrons. The maximum absolute atomic E-state index is 11.5. The van der Waals surface area contributed by atoms with Crippen LogP contribution in [0, 0.1) is 0 Å². The van der Waals surface area contributed by atoms with Crippen molar-refractivity contribution in [3.8, 4) is 0 Å². The minimum Gasteiger partial charge on any atom is -0.392 e. The maximum Gasteiger partial charge on any atom is 0.327 e. The maximum atomic E-state index is 11.5. The SMILES string of the molecule is N/C(Br)=C\N(N)C(F)F. The highest BCUT2D eigenvalue weighted by Crippen LogP contribution is 2.01. The third-order valence-corrected chi connectivity index (χ3v) is 0.703. The van der Waals surface area contributed by atoms with Crippen LogP contribution in [-0.2, 0) is 0 Å². The molecule has 0 unspecified atom stereocenters. The lowest BCUT2D eigenvalue weighted by atomic mass is 10.8. The Bertz CT molecular complexity index is 112. The second-order valence-electron chi connectivity index (χ2n) is 1.24. The van der Waals surface area contributed by atoms with Crippen molar-refractivity contribution >= 4 is 15.9 Å². The van der Waals surface area contributed by atoms with E-state index in [0.717, 1.165) is 6.20 Å². The molecule has 0 aromatic heterocycles. The van der Waals surface area contributed by atoms with Crippen molar-refractivity contribution in [3.05, 3.63) is 10.8 Å². The van der Waals surface area contributed by atoms with Gasteiger partial charge in [-0.3, -0.25) is 5.01 Å². The van der Waals surface area contributed by atoms with E-state index in [2.05, 4.69) is 15.9 Å². The number of rotatable bonds is 2. The summed E-state index contributed by atoms with van der Waals surface area (Å²) >= 11 is 2.73. The monoisotopic (exact) mass is 201 g/mol. The molecule has 0 aliphatic rings. The smallest absolute Gasteiger partial charge is 0.327 e. The summed E-state index contributed by atoms with van der Waals surface area (Å²) in [6, 6.07) is 0. The van der Waals surface area contributed by atoms with E-state index in [1.54, 1.807) is 0 Å². The van der Waals surface area contributed by atoms with Gasteiger partial charge in [0.15, 0.2) is 0 Å². The highest BCUT2D eigenvalue weighted by Gasteiger charge is 2.05. The van der Waals surface area contributed by atoms with Crippen LogP contribution in [0.4, 0.5) is 8.78 Å². The Morgan fingerprint density at radius 1 is 1.67 bits per heavy atom. The fourth-order valence-electron chi connectivity index (χ4n) is 0.199. The van der Waals surface area contributed by atoms with E-state index in [1.165, 1.54) is 0 Å². The fraction of sp³-hybridized carbons (Fsp3) is 0.333. The van der Waals surface area contributed by atoms with Crippen LogP contribution in [0.5, 0.6) is 0 Å². The van der Waals surface area contributed by atoms with Gasteiger partial charge in [0.25, 0.3) is 0 Å². The Labute approximate surface area is 59.4 Å². The molecule has 0 aromatic rings. The minimum atomic E-state index is -2.72. The van der Waals surface area contributed by atoms with E-state index in [1.807, 2.05) is 0 Å². The standard InChI is InChI=1S/C3H6BrF2N3/c4-2(7)1-9(8)3(5)6/h1,3H,7-8H2/b2-1-. The third kappa shape index (κ3) is 4.16. The summed E-state index contributed by atoms with van der Waals surface area (Å²) in [7, 11) is 0. The van der Waals surface area contributed by atoms with Gasteiger partial charge in [-0.25, -0.2) is 5.84 Å². The zero-order valence-electron chi connectivity index (χ0n) is 4.39. The molecule has 54 valence electrons. The van der Waals surface area contributed by atoms with Crippen LogP contribution in [0.1, 0.15) is 0 Å². The number of nitrogens with zero attached hydrogens (tertiary/aromatic N) is 1. The lowest BCUT2D eigenvalue weighted by Gasteiger charge is -2.10. The van der Waals surface area contributed by atoms with Gasteiger partial charge in [-0.15, -0.1) is 0 Å². The van der Waals surface area contributed by atoms with Crippen molar-refractivity contribution in [1.82, 2.24) is 5.01 Å². The summed E-state index contributed by atoms with van der Waals surface area (Å²) < 4.78 is 23.0. The molecule has 6 heteroatoms. The third-order valence-electron chi connectivity index (χ3n) is 0.498. The summed E-state index contributed by atoms with van der Waals surface area (Å²) in [5.41, 5.74) is 4.95. The van der Waals surface area contributed by atoms with E-state index < -0.39 is 6.55 Å². The molecule has 0 aliphatic carbocycles. The average Bonchev–Trinajstić information content (AvgIpc) is 1.63. The molecule has 0 aromatic carbocycles. The Morgan fingerprint density at radius 3 is 2.22 bits per heavy atom. The number of nitrogens with two attached hydrogens (primary N) is 2. The molecule has 0 rings (SSSR count). The van der Waals surface area contributed by atoms with Crippen LogP contribution >= 0.6 is 15.9 Å². The molecule has 0 amide bonds. The quantitative estimate of drug-likeness (QED) is 0.390. The van der Waals surface area contributed by atoms with Gasteiger partial charge in [-0.1, -0.05) is 0 Å². The molecular formula is C3H6BrF2N3. The first-order valence-corrected chi connectivity index (χ1v) is 2.77. The van der Waals surface area contributed by atoms with Crippen LogP contribution in [0.2, 0.25) is 0 Å². The fourth-order valence-corrected chi connectivity index (χ4v) is 0.435. The number of halogens is 3. The molecule has 0 saturated carbocycles. The molecule has 0 spiro atoms. The Morgan fingerprint density at radius 2 is 2.11 bits per heavy atom. The first kappa shape index (κ1) is 8.64. The van der Waals surface area contributed by atoms with Gasteiger partial charge in [0.2, 0.25) is 0 Å². The summed E-state index contributed by atoms with van der Waals surface area (Å²) in [4.78, 5) is 0. The van der Waals surface area contributed by atoms with Crippen LogP contribution in [0.15, 0.2) is 10.8 Å². The summed E-state index contributed by atoms with van der Waals surface area (Å²) in [5.74, 6) is 4.71. The first-order valence-electron chi connectivity index (χ1n) is 1.98. The van der Waals surface area contributed by atoms with Gasteiger partial charge < -0.3 is 5.73 Å². The van der Waals surface area contributed by atoms with Crippen molar-refractivity contribution in [2.24, 2.45) is 11.6 Å². The van der Waals surface area contributed by atoms with E-state index in [0.29, 0.717) is 0 Å². The summed E-state index contributed by atoms with van der Waals surface area (Å²) in [6.07, 6.45) is 0.880. The Kier molecular flexibility index (Phi) is 3.48. The van der Waals surface area contributed by atoms with Crippen LogP contribution in [0.25, 0.3) is 0 Å². The second kappa shape index (κ2) is 3.62. The van der Waals surface area contributed by atoms with Crippen molar-refractivity contribution in [1.29, 1.82) is 0 Å². The summed E-state index contributed by atoms with van der Waals surface area (Å²) in [5, 5.41) is 0.198. The first-order chi connectivity index (χ1) is 4.04. The van der Waals surface area contributed by atoms with Gasteiger partial charge in [0, 0.05) is 0 Å². The Balaban J connectivity index is 3.76. The van der Waals surface area contributed by atoms with Crippen molar-refractivity contribution in [3.63, 3.8) is 0 Å².